The van der Waals surface area contributed by atoms with Gasteiger partial charge in [0.1, 0.15) is 0 Å². The van der Waals surface area contributed by atoms with Crippen molar-refractivity contribution in [3.05, 3.63) is 29.8 Å². The maximum atomic E-state index is 12.2. The van der Waals surface area contributed by atoms with Gasteiger partial charge in [-0.3, -0.25) is 4.79 Å². The van der Waals surface area contributed by atoms with Crippen LogP contribution in [0.3, 0.4) is 0 Å². The van der Waals surface area contributed by atoms with Crippen molar-refractivity contribution < 1.29 is 18.3 Å². The maximum Gasteiger partial charge on any atom is 0.241 e. The zero-order valence-electron chi connectivity index (χ0n) is 13.2. The Morgan fingerprint density at radius 1 is 1.35 bits per heavy atom. The molecule has 8 heteroatoms. The number of rotatable bonds is 6. The number of aliphatic hydroxyl groups excluding tert-OH is 1. The zero-order chi connectivity index (χ0) is 17.0. The molecule has 0 saturated carbocycles. The molecule has 7 nitrogen and oxygen atoms in total. The van der Waals surface area contributed by atoms with Crippen LogP contribution in [0.25, 0.3) is 0 Å². The molecular formula is C15H23N3O4S. The fraction of sp³-hybridized carbons (Fsp3) is 0.533. The van der Waals surface area contributed by atoms with Crippen molar-refractivity contribution in [2.24, 2.45) is 5.92 Å². The second kappa shape index (κ2) is 7.39. The number of hydrogen-bond donors (Lipinski definition) is 4. The van der Waals surface area contributed by atoms with E-state index in [9.17, 15) is 18.3 Å². The van der Waals surface area contributed by atoms with E-state index in [1.165, 1.54) is 19.1 Å². The summed E-state index contributed by atoms with van der Waals surface area (Å²) >= 11 is 0. The number of amides is 1. The lowest BCUT2D eigenvalue weighted by atomic mass is 10.1. The lowest BCUT2D eigenvalue weighted by Gasteiger charge is -2.18. The van der Waals surface area contributed by atoms with Gasteiger partial charge in [-0.05, 0) is 26.0 Å². The van der Waals surface area contributed by atoms with E-state index in [1.807, 2.05) is 6.92 Å². The van der Waals surface area contributed by atoms with Crippen molar-refractivity contribution in [3.63, 3.8) is 0 Å². The Morgan fingerprint density at radius 3 is 2.57 bits per heavy atom. The number of benzene rings is 1. The van der Waals surface area contributed by atoms with Crippen molar-refractivity contribution in [1.82, 2.24) is 15.4 Å². The van der Waals surface area contributed by atoms with Crippen LogP contribution in [0.4, 0.5) is 0 Å². The molecule has 3 atom stereocenters. The van der Waals surface area contributed by atoms with Gasteiger partial charge >= 0.3 is 0 Å². The largest absolute Gasteiger partial charge is 0.391 e. The third-order valence-electron chi connectivity index (χ3n) is 3.90. The summed E-state index contributed by atoms with van der Waals surface area (Å²) < 4.78 is 26.8. The Labute approximate surface area is 136 Å². The van der Waals surface area contributed by atoms with E-state index in [2.05, 4.69) is 15.4 Å². The van der Waals surface area contributed by atoms with E-state index in [1.54, 1.807) is 12.1 Å². The Bertz CT molecular complexity index is 645. The Hall–Kier alpha value is -1.48. The van der Waals surface area contributed by atoms with Gasteiger partial charge in [0.15, 0.2) is 0 Å². The molecule has 1 aliphatic rings. The summed E-state index contributed by atoms with van der Waals surface area (Å²) in [6, 6.07) is 5.51. The number of aryl methyl sites for hydroxylation is 1. The minimum Gasteiger partial charge on any atom is -0.391 e. The third-order valence-corrected chi connectivity index (χ3v) is 5.46. The molecule has 1 aliphatic heterocycles. The molecule has 1 fully saturated rings. The van der Waals surface area contributed by atoms with E-state index >= 15 is 0 Å². The highest BCUT2D eigenvalue weighted by molar-refractivity contribution is 7.89. The summed E-state index contributed by atoms with van der Waals surface area (Å²) in [4.78, 5) is 12.2. The average molecular weight is 341 g/mol. The topological polar surface area (TPSA) is 108 Å². The molecule has 0 bridgehead atoms. The van der Waals surface area contributed by atoms with Crippen molar-refractivity contribution in [1.29, 1.82) is 0 Å². The first-order valence-corrected chi connectivity index (χ1v) is 9.03. The molecule has 0 radical (unpaired) electrons. The second-order valence-corrected chi connectivity index (χ2v) is 7.60. The first-order valence-electron chi connectivity index (χ1n) is 7.55. The van der Waals surface area contributed by atoms with Crippen LogP contribution in [0.2, 0.25) is 0 Å². The summed E-state index contributed by atoms with van der Waals surface area (Å²) in [6.45, 7) is 4.81. The molecule has 0 spiro atoms. The minimum absolute atomic E-state index is 0.0557. The highest BCUT2D eigenvalue weighted by Crippen LogP contribution is 2.11. The molecule has 1 heterocycles. The first kappa shape index (κ1) is 17.9. The van der Waals surface area contributed by atoms with Gasteiger partial charge in [-0.2, -0.15) is 4.72 Å². The molecule has 3 unspecified atom stereocenters. The van der Waals surface area contributed by atoms with Gasteiger partial charge in [-0.1, -0.05) is 17.7 Å². The third kappa shape index (κ3) is 4.74. The number of aliphatic hydroxyl groups is 1. The smallest absolute Gasteiger partial charge is 0.241 e. The summed E-state index contributed by atoms with van der Waals surface area (Å²) in [5.74, 6) is -0.473. The van der Waals surface area contributed by atoms with Gasteiger partial charge < -0.3 is 15.7 Å². The molecule has 1 saturated heterocycles. The Morgan fingerprint density at radius 2 is 2.00 bits per heavy atom. The minimum atomic E-state index is -3.74. The molecule has 0 aromatic heterocycles. The van der Waals surface area contributed by atoms with Gasteiger partial charge in [-0.15, -0.1) is 0 Å². The second-order valence-electron chi connectivity index (χ2n) is 5.89. The monoisotopic (exact) mass is 341 g/mol. The van der Waals surface area contributed by atoms with Crippen LogP contribution in [0.15, 0.2) is 29.2 Å². The number of carbonyl (C=O) groups is 1. The molecule has 1 aromatic rings. The molecule has 2 rings (SSSR count). The van der Waals surface area contributed by atoms with E-state index < -0.39 is 28.1 Å². The van der Waals surface area contributed by atoms with Gasteiger partial charge in [0.2, 0.25) is 15.9 Å². The molecule has 1 amide bonds. The van der Waals surface area contributed by atoms with Crippen LogP contribution in [0.1, 0.15) is 12.5 Å². The molecule has 4 N–H and O–H groups in total. The number of nitrogens with one attached hydrogen (secondary N) is 3. The number of β-amino-alcohol motifs (C(OH)–C–C–N with tert-alkyl or cyclic N) is 1. The highest BCUT2D eigenvalue weighted by atomic mass is 32.2. The summed E-state index contributed by atoms with van der Waals surface area (Å²) in [6.07, 6.45) is -0.491. The van der Waals surface area contributed by atoms with Gasteiger partial charge in [-0.25, -0.2) is 8.42 Å². The number of carbonyl (C=O) groups excluding carboxylic acids is 1. The van der Waals surface area contributed by atoms with E-state index in [0.717, 1.165) is 5.56 Å². The normalized spacial score (nSPS) is 22.7. The van der Waals surface area contributed by atoms with Gasteiger partial charge in [0.05, 0.1) is 17.0 Å². The average Bonchev–Trinajstić information content (AvgIpc) is 2.90. The number of sulfonamides is 1. The van der Waals surface area contributed by atoms with Crippen LogP contribution in [-0.4, -0.2) is 51.2 Å². The fourth-order valence-electron chi connectivity index (χ4n) is 2.38. The van der Waals surface area contributed by atoms with Crippen molar-refractivity contribution in [2.75, 3.05) is 19.6 Å². The summed E-state index contributed by atoms with van der Waals surface area (Å²) in [5, 5.41) is 15.4. The van der Waals surface area contributed by atoms with E-state index in [4.69, 9.17) is 0 Å². The van der Waals surface area contributed by atoms with Crippen molar-refractivity contribution >= 4 is 15.9 Å². The molecule has 23 heavy (non-hydrogen) atoms. The van der Waals surface area contributed by atoms with Crippen LogP contribution in [-0.2, 0) is 14.8 Å². The summed E-state index contributed by atoms with van der Waals surface area (Å²) in [5.41, 5.74) is 0.957. The molecule has 0 aliphatic carbocycles. The van der Waals surface area contributed by atoms with Crippen LogP contribution >= 0.6 is 0 Å². The predicted molar refractivity (Wildman–Crippen MR) is 86.3 cm³/mol. The van der Waals surface area contributed by atoms with Gasteiger partial charge in [0.25, 0.3) is 0 Å². The maximum absolute atomic E-state index is 12.2. The van der Waals surface area contributed by atoms with Crippen LogP contribution in [0.5, 0.6) is 0 Å². The lowest BCUT2D eigenvalue weighted by Crippen LogP contribution is -2.46. The lowest BCUT2D eigenvalue weighted by molar-refractivity contribution is -0.122. The Balaban J connectivity index is 1.90. The van der Waals surface area contributed by atoms with Gasteiger partial charge in [0, 0.05) is 25.6 Å². The predicted octanol–water partition coefficient (Wildman–Crippen LogP) is -0.642. The quantitative estimate of drug-likeness (QED) is 0.550. The number of hydrogen-bond acceptors (Lipinski definition) is 5. The standard InChI is InChI=1S/C15H23N3O4S/c1-10-3-5-13(6-4-10)23(21,22)18-11(2)15(20)17-8-12-7-16-9-14(12)19/h3-6,11-12,14,16,18-19H,7-9H2,1-2H3,(H,17,20). The zero-order valence-corrected chi connectivity index (χ0v) is 14.1. The molecular weight excluding hydrogens is 318 g/mol. The first-order chi connectivity index (χ1) is 10.8. The Kier molecular flexibility index (Phi) is 5.74. The highest BCUT2D eigenvalue weighted by Gasteiger charge is 2.27. The molecule has 1 aromatic carbocycles. The van der Waals surface area contributed by atoms with E-state index in [-0.39, 0.29) is 10.8 Å². The SMILES string of the molecule is Cc1ccc(S(=O)(=O)NC(C)C(=O)NCC2CNCC2O)cc1. The molecule has 128 valence electrons. The van der Waals surface area contributed by atoms with Crippen molar-refractivity contribution in [2.45, 2.75) is 30.9 Å². The van der Waals surface area contributed by atoms with Crippen LogP contribution < -0.4 is 15.4 Å². The van der Waals surface area contributed by atoms with E-state index in [0.29, 0.717) is 19.6 Å². The fourth-order valence-corrected chi connectivity index (χ4v) is 3.59. The summed E-state index contributed by atoms with van der Waals surface area (Å²) in [7, 11) is -3.74. The van der Waals surface area contributed by atoms with Crippen LogP contribution in [0, 0.1) is 12.8 Å². The van der Waals surface area contributed by atoms with Crippen molar-refractivity contribution in [3.8, 4) is 0 Å².